The van der Waals surface area contributed by atoms with E-state index in [-0.39, 0.29) is 18.4 Å². The number of methoxy groups -OCH3 is 1. The van der Waals surface area contributed by atoms with Crippen LogP contribution in [0.4, 0.5) is 10.8 Å². The summed E-state index contributed by atoms with van der Waals surface area (Å²) < 4.78 is 5.01. The molecule has 148 valence electrons. The second-order valence-electron chi connectivity index (χ2n) is 6.42. The predicted molar refractivity (Wildman–Crippen MR) is 110 cm³/mol. The highest BCUT2D eigenvalue weighted by Crippen LogP contribution is 2.32. The topological polar surface area (TPSA) is 96.5 Å². The maximum Gasteiger partial charge on any atom is 0.258 e. The predicted octanol–water partition coefficient (Wildman–Crippen LogP) is 2.89. The third-order valence-corrected chi connectivity index (χ3v) is 5.24. The largest absolute Gasteiger partial charge is 0.377 e. The number of anilines is 2. The van der Waals surface area contributed by atoms with Gasteiger partial charge in [0.25, 0.3) is 5.91 Å². The molecule has 0 fully saturated rings. The smallest absolute Gasteiger partial charge is 0.258 e. The molecule has 1 aliphatic rings. The molecule has 2 N–H and O–H groups in total. The van der Waals surface area contributed by atoms with Crippen LogP contribution in [0.3, 0.4) is 0 Å². The maximum atomic E-state index is 13.1. The third-order valence-electron chi connectivity index (χ3n) is 4.43. The number of benzene rings is 2. The van der Waals surface area contributed by atoms with Gasteiger partial charge < -0.3 is 15.0 Å². The molecule has 9 heteroatoms. The van der Waals surface area contributed by atoms with E-state index in [0.29, 0.717) is 22.3 Å². The maximum absolute atomic E-state index is 13.1. The van der Waals surface area contributed by atoms with Crippen LogP contribution in [0.1, 0.15) is 27.1 Å². The fraction of sp³-hybridized carbons (Fsp3) is 0.200. The Hall–Kier alpha value is -3.30. The monoisotopic (exact) mass is 409 g/mol. The Bertz CT molecular complexity index is 1020. The summed E-state index contributed by atoms with van der Waals surface area (Å²) in [5.41, 5.74) is 2.17. The SMILES string of the molecule is COCc1nnc(NC(=O)CN2C(=O)c3ccccc3N[C@H]2c2ccccc2)s1. The van der Waals surface area contributed by atoms with Crippen LogP contribution in [-0.4, -0.2) is 40.6 Å². The molecular weight excluding hydrogens is 390 g/mol. The van der Waals surface area contributed by atoms with Crippen molar-refractivity contribution < 1.29 is 14.3 Å². The summed E-state index contributed by atoms with van der Waals surface area (Å²) in [5.74, 6) is -0.554. The lowest BCUT2D eigenvalue weighted by molar-refractivity contribution is -0.117. The lowest BCUT2D eigenvalue weighted by Crippen LogP contribution is -2.46. The molecule has 3 aromatic rings. The highest BCUT2D eigenvalue weighted by atomic mass is 32.1. The third kappa shape index (κ3) is 4.10. The van der Waals surface area contributed by atoms with Crippen LogP contribution < -0.4 is 10.6 Å². The molecule has 2 aromatic carbocycles. The van der Waals surface area contributed by atoms with Crippen molar-refractivity contribution in [3.05, 3.63) is 70.7 Å². The van der Waals surface area contributed by atoms with Crippen molar-refractivity contribution >= 4 is 34.0 Å². The van der Waals surface area contributed by atoms with E-state index in [2.05, 4.69) is 20.8 Å². The summed E-state index contributed by atoms with van der Waals surface area (Å²) in [7, 11) is 1.57. The van der Waals surface area contributed by atoms with Gasteiger partial charge in [-0.15, -0.1) is 10.2 Å². The van der Waals surface area contributed by atoms with E-state index in [1.54, 1.807) is 19.2 Å². The van der Waals surface area contributed by atoms with Gasteiger partial charge in [0, 0.05) is 12.8 Å². The number of amides is 2. The summed E-state index contributed by atoms with van der Waals surface area (Å²) in [4.78, 5) is 27.3. The molecule has 1 atom stereocenters. The Balaban J connectivity index is 1.57. The Kier molecular flexibility index (Phi) is 5.50. The number of carbonyl (C=O) groups excluding carboxylic acids is 2. The van der Waals surface area contributed by atoms with Gasteiger partial charge in [-0.1, -0.05) is 53.8 Å². The van der Waals surface area contributed by atoms with Crippen LogP contribution in [0.25, 0.3) is 0 Å². The first kappa shape index (κ1) is 19.0. The molecule has 0 saturated carbocycles. The van der Waals surface area contributed by atoms with Gasteiger partial charge in [0.15, 0.2) is 0 Å². The molecule has 2 amide bonds. The van der Waals surface area contributed by atoms with Gasteiger partial charge in [0.2, 0.25) is 11.0 Å². The van der Waals surface area contributed by atoms with Gasteiger partial charge in [-0.3, -0.25) is 14.9 Å². The molecule has 0 spiro atoms. The summed E-state index contributed by atoms with van der Waals surface area (Å²) in [6, 6.07) is 16.8. The fourth-order valence-corrected chi connectivity index (χ4v) is 3.88. The quantitative estimate of drug-likeness (QED) is 0.650. The first-order chi connectivity index (χ1) is 14.2. The molecule has 4 rings (SSSR count). The highest BCUT2D eigenvalue weighted by Gasteiger charge is 2.34. The van der Waals surface area contributed by atoms with E-state index in [0.717, 1.165) is 11.3 Å². The average Bonchev–Trinajstić information content (AvgIpc) is 3.17. The van der Waals surface area contributed by atoms with E-state index < -0.39 is 6.17 Å². The Morgan fingerprint density at radius 1 is 1.17 bits per heavy atom. The second kappa shape index (κ2) is 8.38. The number of nitrogens with one attached hydrogen (secondary N) is 2. The van der Waals surface area contributed by atoms with Gasteiger partial charge in [0.05, 0.1) is 5.56 Å². The van der Waals surface area contributed by atoms with Gasteiger partial charge in [-0.2, -0.15) is 0 Å². The number of hydrogen-bond donors (Lipinski definition) is 2. The van der Waals surface area contributed by atoms with Gasteiger partial charge in [0.1, 0.15) is 24.3 Å². The summed E-state index contributed by atoms with van der Waals surface area (Å²) >= 11 is 1.24. The van der Waals surface area contributed by atoms with Crippen LogP contribution in [0.5, 0.6) is 0 Å². The van der Waals surface area contributed by atoms with Crippen LogP contribution >= 0.6 is 11.3 Å². The van der Waals surface area contributed by atoms with Crippen LogP contribution in [0.2, 0.25) is 0 Å². The molecule has 29 heavy (non-hydrogen) atoms. The number of fused-ring (bicyclic) bond motifs is 1. The Morgan fingerprint density at radius 3 is 2.72 bits per heavy atom. The minimum absolute atomic E-state index is 0.126. The zero-order valence-electron chi connectivity index (χ0n) is 15.7. The van der Waals surface area contributed by atoms with Crippen molar-refractivity contribution in [2.45, 2.75) is 12.8 Å². The van der Waals surface area contributed by atoms with Crippen LogP contribution in [-0.2, 0) is 16.1 Å². The summed E-state index contributed by atoms with van der Waals surface area (Å²) in [6.07, 6.45) is -0.456. The molecule has 0 saturated heterocycles. The minimum atomic E-state index is -0.456. The zero-order chi connectivity index (χ0) is 20.2. The average molecular weight is 409 g/mol. The highest BCUT2D eigenvalue weighted by molar-refractivity contribution is 7.15. The van der Waals surface area contributed by atoms with Crippen molar-refractivity contribution in [2.24, 2.45) is 0 Å². The van der Waals surface area contributed by atoms with Gasteiger partial charge >= 0.3 is 0 Å². The molecule has 0 unspecified atom stereocenters. The zero-order valence-corrected chi connectivity index (χ0v) is 16.5. The van der Waals surface area contributed by atoms with Crippen molar-refractivity contribution in [3.63, 3.8) is 0 Å². The fourth-order valence-electron chi connectivity index (χ4n) is 3.15. The second-order valence-corrected chi connectivity index (χ2v) is 7.48. The summed E-state index contributed by atoms with van der Waals surface area (Å²) in [5, 5.41) is 15.0. The lowest BCUT2D eigenvalue weighted by atomic mass is 10.0. The molecule has 0 aliphatic carbocycles. The first-order valence-corrected chi connectivity index (χ1v) is 9.80. The number of nitrogens with zero attached hydrogens (tertiary/aromatic N) is 3. The number of rotatable bonds is 6. The molecule has 8 nitrogen and oxygen atoms in total. The van der Waals surface area contributed by atoms with E-state index in [1.165, 1.54) is 16.2 Å². The molecule has 1 aliphatic heterocycles. The summed E-state index contributed by atoms with van der Waals surface area (Å²) in [6.45, 7) is 0.202. The van der Waals surface area contributed by atoms with E-state index >= 15 is 0 Å². The van der Waals surface area contributed by atoms with Crippen LogP contribution in [0.15, 0.2) is 54.6 Å². The van der Waals surface area contributed by atoms with E-state index in [1.807, 2.05) is 42.5 Å². The Morgan fingerprint density at radius 2 is 1.93 bits per heavy atom. The molecule has 0 radical (unpaired) electrons. The van der Waals surface area contributed by atoms with Crippen LogP contribution in [0, 0.1) is 0 Å². The number of aromatic nitrogens is 2. The van der Waals surface area contributed by atoms with Crippen molar-refractivity contribution in [3.8, 4) is 0 Å². The van der Waals surface area contributed by atoms with Crippen molar-refractivity contribution in [2.75, 3.05) is 24.3 Å². The van der Waals surface area contributed by atoms with Gasteiger partial charge in [-0.25, -0.2) is 0 Å². The number of hydrogen-bond acceptors (Lipinski definition) is 7. The number of para-hydroxylation sites is 1. The molecule has 1 aromatic heterocycles. The number of ether oxygens (including phenoxy) is 1. The number of carbonyl (C=O) groups is 2. The van der Waals surface area contributed by atoms with E-state index in [4.69, 9.17) is 4.74 Å². The van der Waals surface area contributed by atoms with E-state index in [9.17, 15) is 9.59 Å². The van der Waals surface area contributed by atoms with Crippen molar-refractivity contribution in [1.29, 1.82) is 0 Å². The first-order valence-electron chi connectivity index (χ1n) is 8.98. The van der Waals surface area contributed by atoms with Gasteiger partial charge in [-0.05, 0) is 17.7 Å². The lowest BCUT2D eigenvalue weighted by Gasteiger charge is -2.37. The molecular formula is C20H19N5O3S. The Labute approximate surface area is 171 Å². The molecule has 0 bridgehead atoms. The standard InChI is InChI=1S/C20H19N5O3S/c1-28-12-17-23-24-20(29-17)22-16(26)11-25-18(13-7-3-2-4-8-13)21-15-10-6-5-9-14(15)19(25)27/h2-10,18,21H,11-12H2,1H3,(H,22,24,26)/t18-/m1/s1. The van der Waals surface area contributed by atoms with Crippen molar-refractivity contribution in [1.82, 2.24) is 15.1 Å². The minimum Gasteiger partial charge on any atom is -0.377 e. The molecule has 2 heterocycles. The normalized spacial score (nSPS) is 15.6.